The first kappa shape index (κ1) is 14.4. The monoisotopic (exact) mass is 290 g/mol. The fourth-order valence-corrected chi connectivity index (χ4v) is 3.65. The van der Waals surface area contributed by atoms with E-state index in [9.17, 15) is 4.79 Å². The molecule has 0 unspecified atom stereocenters. The maximum Gasteiger partial charge on any atom is 0.220 e. The van der Waals surface area contributed by atoms with Crippen LogP contribution in [-0.4, -0.2) is 22.1 Å². The van der Waals surface area contributed by atoms with Crippen molar-refractivity contribution in [2.24, 2.45) is 5.92 Å². The molecule has 0 aromatic carbocycles. The molecule has 0 atom stereocenters. The molecule has 21 heavy (non-hydrogen) atoms. The van der Waals surface area contributed by atoms with E-state index in [0.717, 1.165) is 30.9 Å². The smallest absolute Gasteiger partial charge is 0.220 e. The summed E-state index contributed by atoms with van der Waals surface area (Å²) < 4.78 is 0. The fraction of sp³-hybridized carbons (Fsp3) is 0.750. The summed E-state index contributed by atoms with van der Waals surface area (Å²) in [5, 5.41) is 10.1. The Morgan fingerprint density at radius 2 is 2.10 bits per heavy atom. The maximum atomic E-state index is 12.0. The van der Waals surface area contributed by atoms with Gasteiger partial charge in [0.25, 0.3) is 0 Å². The van der Waals surface area contributed by atoms with Crippen LogP contribution in [0, 0.1) is 5.92 Å². The third kappa shape index (κ3) is 3.77. The summed E-state index contributed by atoms with van der Waals surface area (Å²) in [6, 6.07) is 2.22. The Morgan fingerprint density at radius 3 is 2.76 bits per heavy atom. The number of nitrogens with one attached hydrogen (secondary N) is 2. The third-order valence-electron chi connectivity index (χ3n) is 5.04. The van der Waals surface area contributed by atoms with Gasteiger partial charge in [-0.2, -0.15) is 5.10 Å². The van der Waals surface area contributed by atoms with E-state index in [4.69, 9.17) is 5.73 Å². The van der Waals surface area contributed by atoms with Gasteiger partial charge in [-0.05, 0) is 25.2 Å². The molecule has 1 aromatic heterocycles. The molecule has 2 aliphatic rings. The topological polar surface area (TPSA) is 83.8 Å². The van der Waals surface area contributed by atoms with Gasteiger partial charge in [0.05, 0.1) is 5.69 Å². The van der Waals surface area contributed by atoms with E-state index in [-0.39, 0.29) is 5.91 Å². The minimum atomic E-state index is 0.227. The van der Waals surface area contributed by atoms with Crippen molar-refractivity contribution in [3.8, 4) is 0 Å². The summed E-state index contributed by atoms with van der Waals surface area (Å²) in [6.07, 6.45) is 10.5. The van der Waals surface area contributed by atoms with Crippen LogP contribution in [0.2, 0.25) is 0 Å². The highest BCUT2D eigenvalue weighted by Gasteiger charge is 2.32. The number of carbonyl (C=O) groups excluding carboxylic acids is 1. The molecule has 1 heterocycles. The van der Waals surface area contributed by atoms with Crippen molar-refractivity contribution in [3.63, 3.8) is 0 Å². The van der Waals surface area contributed by atoms with E-state index < -0.39 is 0 Å². The van der Waals surface area contributed by atoms with E-state index in [1.165, 1.54) is 32.1 Å². The van der Waals surface area contributed by atoms with Crippen LogP contribution in [0.5, 0.6) is 0 Å². The number of hydrogen-bond donors (Lipinski definition) is 3. The SMILES string of the molecule is Nc1cc([C@H]2C[C@@H](NC(=O)CCC3CCCCC3)C2)n[nH]1. The van der Waals surface area contributed by atoms with Gasteiger partial charge in [0.15, 0.2) is 0 Å². The zero-order valence-corrected chi connectivity index (χ0v) is 12.6. The molecule has 0 radical (unpaired) electrons. The van der Waals surface area contributed by atoms with Gasteiger partial charge in [0, 0.05) is 24.4 Å². The number of H-pyrrole nitrogens is 1. The van der Waals surface area contributed by atoms with Gasteiger partial charge in [0.2, 0.25) is 5.91 Å². The van der Waals surface area contributed by atoms with Crippen LogP contribution in [0.25, 0.3) is 0 Å². The van der Waals surface area contributed by atoms with Gasteiger partial charge in [0.1, 0.15) is 5.82 Å². The normalized spacial score (nSPS) is 26.3. The van der Waals surface area contributed by atoms with Crippen LogP contribution in [-0.2, 0) is 4.79 Å². The number of anilines is 1. The van der Waals surface area contributed by atoms with Gasteiger partial charge in [-0.25, -0.2) is 0 Å². The molecule has 0 saturated heterocycles. The first-order valence-corrected chi connectivity index (χ1v) is 8.31. The van der Waals surface area contributed by atoms with Crippen molar-refractivity contribution in [1.82, 2.24) is 15.5 Å². The summed E-state index contributed by atoms with van der Waals surface area (Å²) in [6.45, 7) is 0. The molecule has 0 spiro atoms. The summed E-state index contributed by atoms with van der Waals surface area (Å²) in [5.74, 6) is 2.07. The van der Waals surface area contributed by atoms with Crippen molar-refractivity contribution in [1.29, 1.82) is 0 Å². The number of nitrogens with zero attached hydrogens (tertiary/aromatic N) is 1. The first-order valence-electron chi connectivity index (χ1n) is 8.31. The lowest BCUT2D eigenvalue weighted by atomic mass is 9.78. The molecule has 1 aromatic rings. The van der Waals surface area contributed by atoms with Gasteiger partial charge in [-0.15, -0.1) is 0 Å². The summed E-state index contributed by atoms with van der Waals surface area (Å²) >= 11 is 0. The number of amides is 1. The second kappa shape index (κ2) is 6.50. The number of rotatable bonds is 5. The van der Waals surface area contributed by atoms with E-state index in [2.05, 4.69) is 15.5 Å². The molecule has 4 N–H and O–H groups in total. The number of nitrogen functional groups attached to an aromatic ring is 1. The molecule has 2 saturated carbocycles. The van der Waals surface area contributed by atoms with E-state index in [1.54, 1.807) is 0 Å². The second-order valence-corrected chi connectivity index (χ2v) is 6.72. The summed E-state index contributed by atoms with van der Waals surface area (Å²) in [4.78, 5) is 12.0. The lowest BCUT2D eigenvalue weighted by Crippen LogP contribution is -2.43. The van der Waals surface area contributed by atoms with Crippen molar-refractivity contribution in [3.05, 3.63) is 11.8 Å². The van der Waals surface area contributed by atoms with Crippen molar-refractivity contribution >= 4 is 11.7 Å². The van der Waals surface area contributed by atoms with E-state index in [0.29, 0.717) is 24.2 Å². The fourth-order valence-electron chi connectivity index (χ4n) is 3.65. The Morgan fingerprint density at radius 1 is 1.33 bits per heavy atom. The highest BCUT2D eigenvalue weighted by Crippen LogP contribution is 2.36. The Balaban J connectivity index is 1.33. The molecular weight excluding hydrogens is 264 g/mol. The Hall–Kier alpha value is -1.52. The van der Waals surface area contributed by atoms with E-state index in [1.807, 2.05) is 6.07 Å². The van der Waals surface area contributed by atoms with Crippen molar-refractivity contribution < 1.29 is 4.79 Å². The largest absolute Gasteiger partial charge is 0.384 e. The van der Waals surface area contributed by atoms with Gasteiger partial charge < -0.3 is 11.1 Å². The second-order valence-electron chi connectivity index (χ2n) is 6.72. The Labute approximate surface area is 126 Å². The molecule has 116 valence electrons. The number of aromatic nitrogens is 2. The predicted molar refractivity (Wildman–Crippen MR) is 82.7 cm³/mol. The Bertz CT molecular complexity index is 472. The van der Waals surface area contributed by atoms with E-state index >= 15 is 0 Å². The Kier molecular flexibility index (Phi) is 4.46. The van der Waals surface area contributed by atoms with Crippen LogP contribution in [0.15, 0.2) is 6.07 Å². The molecule has 2 aliphatic carbocycles. The zero-order chi connectivity index (χ0) is 14.7. The molecule has 1 amide bonds. The lowest BCUT2D eigenvalue weighted by molar-refractivity contribution is -0.122. The predicted octanol–water partition coefficient (Wildman–Crippen LogP) is 2.71. The number of hydrogen-bond acceptors (Lipinski definition) is 3. The quantitative estimate of drug-likeness (QED) is 0.779. The molecule has 0 bridgehead atoms. The summed E-state index contributed by atoms with van der Waals surface area (Å²) in [7, 11) is 0. The van der Waals surface area contributed by atoms with Crippen molar-refractivity contribution in [2.75, 3.05) is 5.73 Å². The lowest BCUT2D eigenvalue weighted by Gasteiger charge is -2.34. The van der Waals surface area contributed by atoms with Crippen LogP contribution < -0.4 is 11.1 Å². The maximum absolute atomic E-state index is 12.0. The standard InChI is InChI=1S/C16H26N4O/c17-15-10-14(19-20-15)12-8-13(9-12)18-16(21)7-6-11-4-2-1-3-5-11/h10-13H,1-9H2,(H,18,21)(H3,17,19,20)/t12-,13+. The average molecular weight is 290 g/mol. The van der Waals surface area contributed by atoms with Crippen LogP contribution in [0.3, 0.4) is 0 Å². The molecule has 5 heteroatoms. The number of carbonyl (C=O) groups is 1. The van der Waals surface area contributed by atoms with Crippen LogP contribution in [0.1, 0.15) is 69.4 Å². The highest BCUT2D eigenvalue weighted by molar-refractivity contribution is 5.76. The first-order chi connectivity index (χ1) is 10.2. The number of nitrogens with two attached hydrogens (primary N) is 1. The molecule has 2 fully saturated rings. The molecule has 5 nitrogen and oxygen atoms in total. The minimum absolute atomic E-state index is 0.227. The van der Waals surface area contributed by atoms with Gasteiger partial charge >= 0.3 is 0 Å². The van der Waals surface area contributed by atoms with Gasteiger partial charge in [-0.1, -0.05) is 32.1 Å². The van der Waals surface area contributed by atoms with Crippen LogP contribution >= 0.6 is 0 Å². The minimum Gasteiger partial charge on any atom is -0.384 e. The third-order valence-corrected chi connectivity index (χ3v) is 5.04. The molecule has 0 aliphatic heterocycles. The summed E-state index contributed by atoms with van der Waals surface area (Å²) in [5.41, 5.74) is 6.66. The van der Waals surface area contributed by atoms with Crippen LogP contribution in [0.4, 0.5) is 5.82 Å². The molecular formula is C16H26N4O. The van der Waals surface area contributed by atoms with Gasteiger partial charge in [-0.3, -0.25) is 9.89 Å². The average Bonchev–Trinajstić information content (AvgIpc) is 2.87. The zero-order valence-electron chi connectivity index (χ0n) is 12.6. The highest BCUT2D eigenvalue weighted by atomic mass is 16.1. The molecule has 3 rings (SSSR count). The van der Waals surface area contributed by atoms with Crippen molar-refractivity contribution in [2.45, 2.75) is 69.7 Å². The number of aromatic amines is 1.